The molecule has 1 amide bonds. The summed E-state index contributed by atoms with van der Waals surface area (Å²) >= 11 is 0. The zero-order chi connectivity index (χ0) is 20.8. The number of ether oxygens (including phenoxy) is 2. The fourth-order valence-corrected chi connectivity index (χ4v) is 4.69. The quantitative estimate of drug-likeness (QED) is 0.641. The van der Waals surface area contributed by atoms with Gasteiger partial charge in [0, 0.05) is 24.6 Å². The smallest absolute Gasteiger partial charge is 0.233 e. The van der Waals surface area contributed by atoms with E-state index in [1.165, 1.54) is 0 Å². The summed E-state index contributed by atoms with van der Waals surface area (Å²) in [5, 5.41) is 4.17. The highest BCUT2D eigenvalue weighted by Crippen LogP contribution is 2.50. The molecule has 3 aromatic rings. The van der Waals surface area contributed by atoms with Crippen molar-refractivity contribution in [3.8, 4) is 22.9 Å². The second-order valence-electron chi connectivity index (χ2n) is 8.54. The third-order valence-electron chi connectivity index (χ3n) is 6.69. The predicted molar refractivity (Wildman–Crippen MR) is 112 cm³/mol. The number of piperidine rings is 1. The van der Waals surface area contributed by atoms with E-state index in [-0.39, 0.29) is 24.0 Å². The summed E-state index contributed by atoms with van der Waals surface area (Å²) in [7, 11) is 0. The van der Waals surface area contributed by atoms with Crippen molar-refractivity contribution >= 4 is 5.91 Å². The molecule has 1 saturated heterocycles. The molecule has 2 aliphatic heterocycles. The van der Waals surface area contributed by atoms with E-state index in [2.05, 4.69) is 22.3 Å². The van der Waals surface area contributed by atoms with Gasteiger partial charge in [-0.25, -0.2) is 0 Å². The van der Waals surface area contributed by atoms with Gasteiger partial charge in [-0.3, -0.25) is 4.79 Å². The largest absolute Gasteiger partial charge is 0.454 e. The van der Waals surface area contributed by atoms with Crippen molar-refractivity contribution in [3.63, 3.8) is 0 Å². The Hall–Kier alpha value is -3.35. The minimum absolute atomic E-state index is 0.172. The fraction of sp³-hybridized carbons (Fsp3) is 0.375. The summed E-state index contributed by atoms with van der Waals surface area (Å²) in [6.45, 7) is 1.68. The van der Waals surface area contributed by atoms with E-state index in [1.54, 1.807) is 0 Å². The molecule has 2 fully saturated rings. The van der Waals surface area contributed by atoms with Crippen LogP contribution < -0.4 is 9.47 Å². The molecular formula is C24H23N3O4. The van der Waals surface area contributed by atoms with E-state index < -0.39 is 0 Å². The highest BCUT2D eigenvalue weighted by molar-refractivity contribution is 5.91. The van der Waals surface area contributed by atoms with E-state index in [0.717, 1.165) is 55.6 Å². The lowest BCUT2D eigenvalue weighted by atomic mass is 9.91. The molecule has 3 heterocycles. The van der Waals surface area contributed by atoms with Crippen molar-refractivity contribution in [1.29, 1.82) is 0 Å². The maximum absolute atomic E-state index is 13.3. The number of fused-ring (bicyclic) bond motifs is 1. The van der Waals surface area contributed by atoms with Crippen LogP contribution in [0.15, 0.2) is 53.1 Å². The summed E-state index contributed by atoms with van der Waals surface area (Å²) < 4.78 is 16.4. The molecule has 1 aliphatic carbocycles. The van der Waals surface area contributed by atoms with Crippen LogP contribution in [0.25, 0.3) is 11.4 Å². The lowest BCUT2D eigenvalue weighted by Gasteiger charge is -2.33. The molecule has 6 rings (SSSR count). The van der Waals surface area contributed by atoms with E-state index in [1.807, 2.05) is 41.3 Å². The van der Waals surface area contributed by atoms with Gasteiger partial charge >= 0.3 is 0 Å². The fourth-order valence-electron chi connectivity index (χ4n) is 4.69. The van der Waals surface area contributed by atoms with Gasteiger partial charge < -0.3 is 18.9 Å². The highest BCUT2D eigenvalue weighted by atomic mass is 16.7. The number of nitrogens with zero attached hydrogens (tertiary/aromatic N) is 3. The summed E-state index contributed by atoms with van der Waals surface area (Å²) in [4.78, 5) is 19.9. The molecule has 7 nitrogen and oxygen atoms in total. The number of aromatic nitrogens is 2. The number of carbonyl (C=O) groups is 1. The first kappa shape index (κ1) is 18.4. The molecule has 0 N–H and O–H groups in total. The van der Waals surface area contributed by atoms with Crippen molar-refractivity contribution in [2.45, 2.75) is 37.0 Å². The van der Waals surface area contributed by atoms with E-state index >= 15 is 0 Å². The highest BCUT2D eigenvalue weighted by Gasteiger charge is 2.53. The topological polar surface area (TPSA) is 77.7 Å². The summed E-state index contributed by atoms with van der Waals surface area (Å²) in [5.41, 5.74) is 1.68. The predicted octanol–water partition coefficient (Wildman–Crippen LogP) is 3.90. The Morgan fingerprint density at radius 1 is 1.00 bits per heavy atom. The maximum atomic E-state index is 13.3. The van der Waals surface area contributed by atoms with E-state index in [9.17, 15) is 4.79 Å². The van der Waals surface area contributed by atoms with Gasteiger partial charge in [-0.15, -0.1) is 0 Å². The zero-order valence-electron chi connectivity index (χ0n) is 17.1. The average molecular weight is 417 g/mol. The minimum Gasteiger partial charge on any atom is -0.454 e. The molecule has 1 saturated carbocycles. The Labute approximate surface area is 180 Å². The Morgan fingerprint density at radius 3 is 2.55 bits per heavy atom. The second kappa shape index (κ2) is 7.11. The molecule has 158 valence electrons. The van der Waals surface area contributed by atoms with Crippen LogP contribution in [0.3, 0.4) is 0 Å². The molecule has 0 radical (unpaired) electrons. The van der Waals surface area contributed by atoms with Gasteiger partial charge in [0.1, 0.15) is 0 Å². The maximum Gasteiger partial charge on any atom is 0.233 e. The van der Waals surface area contributed by atoms with Crippen LogP contribution in [0.2, 0.25) is 0 Å². The molecule has 31 heavy (non-hydrogen) atoms. The number of amides is 1. The molecular weight excluding hydrogens is 394 g/mol. The van der Waals surface area contributed by atoms with E-state index in [0.29, 0.717) is 17.5 Å². The van der Waals surface area contributed by atoms with Gasteiger partial charge in [-0.2, -0.15) is 4.98 Å². The second-order valence-corrected chi connectivity index (χ2v) is 8.54. The first-order valence-electron chi connectivity index (χ1n) is 10.8. The molecule has 7 heteroatoms. The van der Waals surface area contributed by atoms with Crippen LogP contribution in [-0.2, 0) is 10.2 Å². The van der Waals surface area contributed by atoms with Gasteiger partial charge in [0.15, 0.2) is 11.5 Å². The number of rotatable bonds is 4. The van der Waals surface area contributed by atoms with Crippen LogP contribution in [0.1, 0.15) is 43.1 Å². The monoisotopic (exact) mass is 417 g/mol. The van der Waals surface area contributed by atoms with Crippen LogP contribution >= 0.6 is 0 Å². The molecule has 1 aromatic heterocycles. The number of hydrogen-bond acceptors (Lipinski definition) is 6. The van der Waals surface area contributed by atoms with Gasteiger partial charge in [0.25, 0.3) is 0 Å². The Balaban J connectivity index is 1.13. The van der Waals surface area contributed by atoms with Crippen molar-refractivity contribution in [3.05, 3.63) is 60.0 Å². The van der Waals surface area contributed by atoms with Crippen molar-refractivity contribution in [2.24, 2.45) is 0 Å². The summed E-state index contributed by atoms with van der Waals surface area (Å²) in [6, 6.07) is 15.8. The standard InChI is InChI=1S/C24H23N3O4/c28-23(24(10-11-24)18-4-2-1-3-5-18)27-12-8-16(9-13-27)22-25-21(26-31-22)17-6-7-19-20(14-17)30-15-29-19/h1-7,14,16H,8-13,15H2. The van der Waals surface area contributed by atoms with E-state index in [4.69, 9.17) is 14.0 Å². The van der Waals surface area contributed by atoms with Gasteiger partial charge in [-0.1, -0.05) is 35.5 Å². The number of benzene rings is 2. The molecule has 0 atom stereocenters. The van der Waals surface area contributed by atoms with Crippen LogP contribution in [-0.4, -0.2) is 40.8 Å². The molecule has 0 unspecified atom stereocenters. The van der Waals surface area contributed by atoms with Gasteiger partial charge in [-0.05, 0) is 49.4 Å². The molecule has 0 bridgehead atoms. The van der Waals surface area contributed by atoms with Crippen LogP contribution in [0, 0.1) is 0 Å². The van der Waals surface area contributed by atoms with Gasteiger partial charge in [0.2, 0.25) is 24.4 Å². The van der Waals surface area contributed by atoms with Gasteiger partial charge in [0.05, 0.1) is 5.41 Å². The third kappa shape index (κ3) is 3.15. The van der Waals surface area contributed by atoms with Crippen molar-refractivity contribution < 1.29 is 18.8 Å². The molecule has 2 aromatic carbocycles. The lowest BCUT2D eigenvalue weighted by Crippen LogP contribution is -2.43. The zero-order valence-corrected chi connectivity index (χ0v) is 17.1. The Bertz CT molecular complexity index is 1110. The normalized spacial score (nSPS) is 19.4. The van der Waals surface area contributed by atoms with Crippen molar-refractivity contribution in [2.75, 3.05) is 19.9 Å². The number of hydrogen-bond donors (Lipinski definition) is 0. The Kier molecular flexibility index (Phi) is 4.23. The van der Waals surface area contributed by atoms with Crippen LogP contribution in [0.5, 0.6) is 11.5 Å². The lowest BCUT2D eigenvalue weighted by molar-refractivity contribution is -0.135. The summed E-state index contributed by atoms with van der Waals surface area (Å²) in [5.74, 6) is 3.06. The number of carbonyl (C=O) groups excluding carboxylic acids is 1. The third-order valence-corrected chi connectivity index (χ3v) is 6.69. The minimum atomic E-state index is -0.300. The van der Waals surface area contributed by atoms with Crippen LogP contribution in [0.4, 0.5) is 0 Å². The first-order chi connectivity index (χ1) is 15.2. The first-order valence-corrected chi connectivity index (χ1v) is 10.8. The van der Waals surface area contributed by atoms with Crippen molar-refractivity contribution in [1.82, 2.24) is 15.0 Å². The number of likely N-dealkylation sites (tertiary alicyclic amines) is 1. The average Bonchev–Trinajstić information content (AvgIpc) is 3.26. The SMILES string of the molecule is O=C(N1CCC(c2nc(-c3ccc4c(c3)OCO4)no2)CC1)C1(c2ccccc2)CC1. The Morgan fingerprint density at radius 2 is 1.77 bits per heavy atom. The molecule has 0 spiro atoms. The molecule has 3 aliphatic rings. The summed E-state index contributed by atoms with van der Waals surface area (Å²) in [6.07, 6.45) is 3.55.